The molecule has 0 saturated carbocycles. The van der Waals surface area contributed by atoms with Crippen LogP contribution >= 0.6 is 35.0 Å². The number of hydrogen-bond acceptors (Lipinski definition) is 5. The van der Waals surface area contributed by atoms with Crippen molar-refractivity contribution in [2.45, 2.75) is 18.6 Å². The van der Waals surface area contributed by atoms with Gasteiger partial charge in [-0.25, -0.2) is 0 Å². The van der Waals surface area contributed by atoms with Gasteiger partial charge in [0.1, 0.15) is 22.4 Å². The van der Waals surface area contributed by atoms with E-state index in [1.165, 1.54) is 11.0 Å². The summed E-state index contributed by atoms with van der Waals surface area (Å²) < 4.78 is 5.48. The highest BCUT2D eigenvalue weighted by atomic mass is 35.5. The topological polar surface area (TPSA) is 82.4 Å². The molecule has 0 aliphatic carbocycles. The Labute approximate surface area is 206 Å². The van der Waals surface area contributed by atoms with Gasteiger partial charge in [-0.3, -0.25) is 14.5 Å². The first-order valence-electron chi connectivity index (χ1n) is 10.1. The van der Waals surface area contributed by atoms with Crippen LogP contribution in [0.4, 0.5) is 5.69 Å². The van der Waals surface area contributed by atoms with Gasteiger partial charge in [-0.15, -0.1) is 6.58 Å². The van der Waals surface area contributed by atoms with E-state index in [1.54, 1.807) is 42.5 Å². The molecule has 2 aromatic carbocycles. The quantitative estimate of drug-likeness (QED) is 0.308. The first kappa shape index (κ1) is 24.7. The Morgan fingerprint density at radius 3 is 2.67 bits per heavy atom. The minimum atomic E-state index is -0.599. The van der Waals surface area contributed by atoms with Crippen LogP contribution in [0.3, 0.4) is 0 Å². The first-order valence-corrected chi connectivity index (χ1v) is 11.7. The lowest BCUT2D eigenvalue weighted by molar-refractivity contribution is -0.117. The zero-order valence-electron chi connectivity index (χ0n) is 17.8. The van der Waals surface area contributed by atoms with Crippen molar-refractivity contribution in [3.05, 3.63) is 81.3 Å². The number of nitrogens with zero attached hydrogens (tertiary/aromatic N) is 2. The van der Waals surface area contributed by atoms with Crippen LogP contribution in [-0.2, 0) is 16.0 Å². The fourth-order valence-electron chi connectivity index (χ4n) is 3.24. The first-order chi connectivity index (χ1) is 15.9. The van der Waals surface area contributed by atoms with E-state index in [4.69, 9.17) is 27.9 Å². The lowest BCUT2D eigenvalue weighted by Gasteiger charge is -2.19. The van der Waals surface area contributed by atoms with Crippen LogP contribution in [0.1, 0.15) is 12.5 Å². The van der Waals surface area contributed by atoms with E-state index in [-0.39, 0.29) is 29.5 Å². The highest BCUT2D eigenvalue weighted by Crippen LogP contribution is 2.43. The highest BCUT2D eigenvalue weighted by Gasteiger charge is 2.41. The predicted octanol–water partition coefficient (Wildman–Crippen LogP) is 5.12. The van der Waals surface area contributed by atoms with Crippen LogP contribution < -0.4 is 15.0 Å². The van der Waals surface area contributed by atoms with E-state index in [0.717, 1.165) is 11.8 Å². The lowest BCUT2D eigenvalue weighted by Crippen LogP contribution is -2.32. The maximum atomic E-state index is 13.5. The minimum absolute atomic E-state index is 0.149. The van der Waals surface area contributed by atoms with E-state index in [9.17, 15) is 14.9 Å². The number of amides is 2. The molecule has 0 spiro atoms. The second-order valence-electron chi connectivity index (χ2n) is 6.91. The van der Waals surface area contributed by atoms with Gasteiger partial charge in [-0.1, -0.05) is 53.2 Å². The van der Waals surface area contributed by atoms with Gasteiger partial charge in [-0.2, -0.15) is 5.26 Å². The maximum Gasteiger partial charge on any atom is 0.264 e. The fraction of sp³-hybridized carbons (Fsp3) is 0.208. The molecule has 0 radical (unpaired) electrons. The van der Waals surface area contributed by atoms with Crippen molar-refractivity contribution in [3.63, 3.8) is 0 Å². The van der Waals surface area contributed by atoms with E-state index in [2.05, 4.69) is 11.9 Å². The second-order valence-corrected chi connectivity index (χ2v) is 8.89. The third-order valence-corrected chi connectivity index (χ3v) is 6.88. The lowest BCUT2D eigenvalue weighted by atomic mass is 10.1. The number of anilines is 1. The Kier molecular flexibility index (Phi) is 8.45. The van der Waals surface area contributed by atoms with Gasteiger partial charge in [0, 0.05) is 12.2 Å². The Morgan fingerprint density at radius 1 is 1.30 bits per heavy atom. The fourth-order valence-corrected chi connectivity index (χ4v) is 4.93. The molecule has 2 aromatic rings. The van der Waals surface area contributed by atoms with Crippen molar-refractivity contribution in [2.75, 3.05) is 18.1 Å². The van der Waals surface area contributed by atoms with Crippen molar-refractivity contribution >= 4 is 52.5 Å². The predicted molar refractivity (Wildman–Crippen MR) is 132 cm³/mol. The van der Waals surface area contributed by atoms with E-state index in [1.807, 2.05) is 13.0 Å². The zero-order chi connectivity index (χ0) is 24.0. The molecule has 1 unspecified atom stereocenters. The SMILES string of the molecule is C=CCNC(=O)/C(C#N)=C1\SC(Cc2cccc(Cl)c2Cl)C(=O)N1c1ccc(OCC)cc1. The van der Waals surface area contributed by atoms with Crippen molar-refractivity contribution < 1.29 is 14.3 Å². The zero-order valence-corrected chi connectivity index (χ0v) is 20.1. The molecule has 170 valence electrons. The van der Waals surface area contributed by atoms with Crippen LogP contribution in [0.15, 0.2) is 65.7 Å². The van der Waals surface area contributed by atoms with Crippen molar-refractivity contribution in [1.29, 1.82) is 5.26 Å². The number of hydrogen-bond donors (Lipinski definition) is 1. The number of nitrogens with one attached hydrogen (secondary N) is 1. The van der Waals surface area contributed by atoms with Gasteiger partial charge in [0.2, 0.25) is 5.91 Å². The normalized spacial score (nSPS) is 16.8. The molecular weight excluding hydrogens is 481 g/mol. The summed E-state index contributed by atoms with van der Waals surface area (Å²) in [6.07, 6.45) is 1.80. The number of carbonyl (C=O) groups excluding carboxylic acids is 2. The Hall–Kier alpha value is -2.92. The van der Waals surface area contributed by atoms with Gasteiger partial charge in [0.05, 0.1) is 21.9 Å². The van der Waals surface area contributed by atoms with Crippen LogP contribution in [0, 0.1) is 11.3 Å². The molecule has 2 amide bonds. The van der Waals surface area contributed by atoms with Crippen LogP contribution in [0.25, 0.3) is 0 Å². The third-order valence-electron chi connectivity index (χ3n) is 4.76. The van der Waals surface area contributed by atoms with Gasteiger partial charge < -0.3 is 10.1 Å². The molecule has 1 aliphatic rings. The summed E-state index contributed by atoms with van der Waals surface area (Å²) in [5, 5.41) is 12.8. The molecule has 1 aliphatic heterocycles. The number of rotatable bonds is 8. The number of nitriles is 1. The van der Waals surface area contributed by atoms with Crippen LogP contribution in [0.5, 0.6) is 5.75 Å². The van der Waals surface area contributed by atoms with Gasteiger partial charge in [0.25, 0.3) is 5.91 Å². The number of carbonyl (C=O) groups is 2. The summed E-state index contributed by atoms with van der Waals surface area (Å²) >= 11 is 13.6. The Balaban J connectivity index is 2.03. The molecule has 1 N–H and O–H groups in total. The molecular formula is C24H21Cl2N3O3S. The van der Waals surface area contributed by atoms with Crippen molar-refractivity contribution in [1.82, 2.24) is 5.32 Å². The number of thioether (sulfide) groups is 1. The summed E-state index contributed by atoms with van der Waals surface area (Å²) in [4.78, 5) is 27.5. The molecule has 1 saturated heterocycles. The van der Waals surface area contributed by atoms with Gasteiger partial charge in [-0.05, 0) is 49.2 Å². The molecule has 0 aromatic heterocycles. The average molecular weight is 502 g/mol. The molecule has 6 nitrogen and oxygen atoms in total. The van der Waals surface area contributed by atoms with Crippen LogP contribution in [-0.4, -0.2) is 30.2 Å². The highest BCUT2D eigenvalue weighted by molar-refractivity contribution is 8.05. The Morgan fingerprint density at radius 2 is 2.03 bits per heavy atom. The molecule has 1 atom stereocenters. The van der Waals surface area contributed by atoms with E-state index >= 15 is 0 Å². The monoisotopic (exact) mass is 501 g/mol. The number of ether oxygens (including phenoxy) is 1. The van der Waals surface area contributed by atoms with Crippen LogP contribution in [0.2, 0.25) is 10.0 Å². The molecule has 1 heterocycles. The molecule has 3 rings (SSSR count). The average Bonchev–Trinajstić information content (AvgIpc) is 3.12. The van der Waals surface area contributed by atoms with E-state index < -0.39 is 11.2 Å². The maximum absolute atomic E-state index is 13.5. The summed E-state index contributed by atoms with van der Waals surface area (Å²) in [6, 6.07) is 14.1. The second kappa shape index (κ2) is 11.3. The number of halogens is 2. The molecule has 9 heteroatoms. The minimum Gasteiger partial charge on any atom is -0.494 e. The van der Waals surface area contributed by atoms with Gasteiger partial charge >= 0.3 is 0 Å². The molecule has 0 bridgehead atoms. The van der Waals surface area contributed by atoms with Gasteiger partial charge in [0.15, 0.2) is 0 Å². The standard InChI is InChI=1S/C24H21Cl2N3O3S/c1-3-12-28-22(30)18(14-27)24-29(16-8-10-17(11-9-16)32-4-2)23(31)20(33-24)13-15-6-5-7-19(25)21(15)26/h3,5-11,20H,1,4,12-13H2,2H3,(H,28,30)/b24-18-. The molecule has 33 heavy (non-hydrogen) atoms. The molecule has 1 fully saturated rings. The van der Waals surface area contributed by atoms with Crippen molar-refractivity contribution in [3.8, 4) is 11.8 Å². The summed E-state index contributed by atoms with van der Waals surface area (Å²) in [5.74, 6) is -0.192. The van der Waals surface area contributed by atoms with Crippen molar-refractivity contribution in [2.24, 2.45) is 0 Å². The largest absolute Gasteiger partial charge is 0.494 e. The smallest absolute Gasteiger partial charge is 0.264 e. The van der Waals surface area contributed by atoms with E-state index in [0.29, 0.717) is 33.7 Å². The Bertz CT molecular complexity index is 1140. The summed E-state index contributed by atoms with van der Waals surface area (Å²) in [5.41, 5.74) is 1.08. The summed E-state index contributed by atoms with van der Waals surface area (Å²) in [7, 11) is 0. The number of benzene rings is 2. The third kappa shape index (κ3) is 5.53. The summed E-state index contributed by atoms with van der Waals surface area (Å²) in [6.45, 7) is 6.15.